The average molecular weight is 483 g/mol. The minimum Gasteiger partial charge on any atom is -0.486 e. The van der Waals surface area contributed by atoms with Crippen molar-refractivity contribution >= 4 is 35.0 Å². The number of benzene rings is 3. The highest BCUT2D eigenvalue weighted by Gasteiger charge is 2.35. The van der Waals surface area contributed by atoms with Gasteiger partial charge in [0.2, 0.25) is 0 Å². The number of nitrogens with zero attached hydrogens (tertiary/aromatic N) is 1. The number of anilines is 2. The molecular formula is C27H21N3O6. The van der Waals surface area contributed by atoms with E-state index in [0.29, 0.717) is 30.4 Å². The number of hydrogen-bond donors (Lipinski definition) is 2. The summed E-state index contributed by atoms with van der Waals surface area (Å²) in [6, 6.07) is 15.9. The van der Waals surface area contributed by atoms with Crippen molar-refractivity contribution in [3.05, 3.63) is 95.6 Å². The van der Waals surface area contributed by atoms with Gasteiger partial charge in [-0.05, 0) is 42.5 Å². The van der Waals surface area contributed by atoms with Gasteiger partial charge in [-0.25, -0.2) is 0 Å². The summed E-state index contributed by atoms with van der Waals surface area (Å²) in [6.07, 6.45) is 1.46. The predicted octanol–water partition coefficient (Wildman–Crippen LogP) is 3.74. The van der Waals surface area contributed by atoms with Gasteiger partial charge in [0.25, 0.3) is 23.6 Å². The van der Waals surface area contributed by atoms with Crippen molar-refractivity contribution in [1.29, 1.82) is 0 Å². The lowest BCUT2D eigenvalue weighted by atomic mass is 10.0. The Morgan fingerprint density at radius 2 is 1.61 bits per heavy atom. The Morgan fingerprint density at radius 1 is 0.861 bits per heavy atom. The summed E-state index contributed by atoms with van der Waals surface area (Å²) < 4.78 is 11.1. The van der Waals surface area contributed by atoms with Crippen LogP contribution in [0.1, 0.15) is 41.4 Å². The lowest BCUT2D eigenvalue weighted by molar-refractivity contribution is 0.0671. The van der Waals surface area contributed by atoms with Crippen molar-refractivity contribution in [2.45, 2.75) is 0 Å². The third kappa shape index (κ3) is 4.18. The standard InChI is InChI=1S/C27H21N3O6/c1-2-11-30-26(33)18-9-7-16(14-20(18)27(30)34)24(31)29-21-6-4-3-5-19(21)25(32)28-17-8-10-22-23(15-17)36-13-12-35-22/h2-10,14-15H,1,11-13H2,(H,28,32)(H,29,31). The molecular weight excluding hydrogens is 462 g/mol. The molecule has 2 heterocycles. The molecule has 5 rings (SSSR count). The smallest absolute Gasteiger partial charge is 0.261 e. The number of fused-ring (bicyclic) bond motifs is 2. The fraction of sp³-hybridized carbons (Fsp3) is 0.111. The van der Waals surface area contributed by atoms with Crippen molar-refractivity contribution in [3.63, 3.8) is 0 Å². The molecule has 0 spiro atoms. The van der Waals surface area contributed by atoms with Gasteiger partial charge in [-0.3, -0.25) is 24.1 Å². The van der Waals surface area contributed by atoms with Gasteiger partial charge in [0, 0.05) is 23.9 Å². The molecule has 0 saturated heterocycles. The third-order valence-corrected chi connectivity index (χ3v) is 5.76. The van der Waals surface area contributed by atoms with Crippen LogP contribution < -0.4 is 20.1 Å². The summed E-state index contributed by atoms with van der Waals surface area (Å²) in [4.78, 5) is 52.1. The molecule has 2 aliphatic rings. The molecule has 2 N–H and O–H groups in total. The van der Waals surface area contributed by atoms with E-state index in [9.17, 15) is 19.2 Å². The van der Waals surface area contributed by atoms with Crippen LogP contribution in [0.15, 0.2) is 73.3 Å². The Labute approximate surface area is 206 Å². The van der Waals surface area contributed by atoms with E-state index in [4.69, 9.17) is 9.47 Å². The van der Waals surface area contributed by atoms with Crippen molar-refractivity contribution in [2.24, 2.45) is 0 Å². The largest absolute Gasteiger partial charge is 0.486 e. The zero-order chi connectivity index (χ0) is 25.2. The predicted molar refractivity (Wildman–Crippen MR) is 132 cm³/mol. The Hall–Kier alpha value is -4.92. The lowest BCUT2D eigenvalue weighted by Gasteiger charge is -2.19. The highest BCUT2D eigenvalue weighted by Crippen LogP contribution is 2.33. The summed E-state index contributed by atoms with van der Waals surface area (Å²) in [5.41, 5.74) is 1.60. The molecule has 0 saturated carbocycles. The van der Waals surface area contributed by atoms with Crippen LogP contribution in [0.5, 0.6) is 11.5 Å². The molecule has 3 aromatic carbocycles. The third-order valence-electron chi connectivity index (χ3n) is 5.76. The number of nitrogens with one attached hydrogen (secondary N) is 2. The first-order valence-electron chi connectivity index (χ1n) is 11.2. The topological polar surface area (TPSA) is 114 Å². The number of para-hydroxylation sites is 1. The van der Waals surface area contributed by atoms with Crippen LogP contribution in [0.2, 0.25) is 0 Å². The second kappa shape index (κ2) is 9.38. The second-order valence-corrected chi connectivity index (χ2v) is 8.08. The maximum absolute atomic E-state index is 13.0. The summed E-state index contributed by atoms with van der Waals surface area (Å²) in [5, 5.41) is 5.53. The van der Waals surface area contributed by atoms with Crippen molar-refractivity contribution in [1.82, 2.24) is 4.90 Å². The van der Waals surface area contributed by atoms with Gasteiger partial charge in [0.1, 0.15) is 13.2 Å². The fourth-order valence-corrected chi connectivity index (χ4v) is 4.03. The van der Waals surface area contributed by atoms with Crippen LogP contribution in [0.25, 0.3) is 0 Å². The minimum absolute atomic E-state index is 0.0831. The minimum atomic E-state index is -0.528. The molecule has 0 atom stereocenters. The highest BCUT2D eigenvalue weighted by molar-refractivity contribution is 6.22. The molecule has 2 aliphatic heterocycles. The molecule has 36 heavy (non-hydrogen) atoms. The van der Waals surface area contributed by atoms with E-state index < -0.39 is 23.6 Å². The van der Waals surface area contributed by atoms with Crippen LogP contribution >= 0.6 is 0 Å². The first-order valence-corrected chi connectivity index (χ1v) is 11.2. The van der Waals surface area contributed by atoms with Gasteiger partial charge < -0.3 is 20.1 Å². The quantitative estimate of drug-likeness (QED) is 0.408. The van der Waals surface area contributed by atoms with Gasteiger partial charge in [-0.2, -0.15) is 0 Å². The number of amides is 4. The van der Waals surface area contributed by atoms with Crippen LogP contribution in [-0.2, 0) is 0 Å². The summed E-state index contributed by atoms with van der Waals surface area (Å²) >= 11 is 0. The monoisotopic (exact) mass is 483 g/mol. The number of imide groups is 1. The zero-order valence-corrected chi connectivity index (χ0v) is 19.1. The van der Waals surface area contributed by atoms with E-state index in [-0.39, 0.29) is 34.5 Å². The average Bonchev–Trinajstić information content (AvgIpc) is 3.13. The first kappa shape index (κ1) is 22.9. The van der Waals surface area contributed by atoms with Crippen LogP contribution in [-0.4, -0.2) is 48.3 Å². The van der Waals surface area contributed by atoms with E-state index >= 15 is 0 Å². The van der Waals surface area contributed by atoms with Gasteiger partial charge in [-0.1, -0.05) is 18.2 Å². The number of carbonyl (C=O) groups excluding carboxylic acids is 4. The van der Waals surface area contributed by atoms with Gasteiger partial charge in [0.15, 0.2) is 11.5 Å². The van der Waals surface area contributed by atoms with Crippen LogP contribution in [0, 0.1) is 0 Å². The lowest BCUT2D eigenvalue weighted by Crippen LogP contribution is -2.29. The molecule has 0 radical (unpaired) electrons. The summed E-state index contributed by atoms with van der Waals surface area (Å²) in [5.74, 6) is -0.727. The van der Waals surface area contributed by atoms with E-state index in [0.717, 1.165) is 4.90 Å². The number of ether oxygens (including phenoxy) is 2. The molecule has 9 nitrogen and oxygen atoms in total. The van der Waals surface area contributed by atoms with Crippen molar-refractivity contribution in [3.8, 4) is 11.5 Å². The van der Waals surface area contributed by atoms with Crippen molar-refractivity contribution < 1.29 is 28.7 Å². The Balaban J connectivity index is 1.34. The highest BCUT2D eigenvalue weighted by atomic mass is 16.6. The molecule has 0 aromatic heterocycles. The van der Waals surface area contributed by atoms with Gasteiger partial charge >= 0.3 is 0 Å². The molecule has 0 bridgehead atoms. The molecule has 0 aliphatic carbocycles. The fourth-order valence-electron chi connectivity index (χ4n) is 4.03. The Morgan fingerprint density at radius 3 is 2.42 bits per heavy atom. The molecule has 180 valence electrons. The van der Waals surface area contributed by atoms with Gasteiger partial charge in [0.05, 0.1) is 22.4 Å². The molecule has 0 fully saturated rings. The second-order valence-electron chi connectivity index (χ2n) is 8.08. The summed E-state index contributed by atoms with van der Waals surface area (Å²) in [7, 11) is 0. The SMILES string of the molecule is C=CCN1C(=O)c2ccc(C(=O)Nc3ccccc3C(=O)Nc3ccc4c(c3)OCCO4)cc2C1=O. The molecule has 4 amide bonds. The van der Waals surface area contributed by atoms with Crippen LogP contribution in [0.4, 0.5) is 11.4 Å². The van der Waals surface area contributed by atoms with Crippen molar-refractivity contribution in [2.75, 3.05) is 30.4 Å². The number of carbonyl (C=O) groups is 4. The Kier molecular flexibility index (Phi) is 5.95. The van der Waals surface area contributed by atoms with E-state index in [2.05, 4.69) is 17.2 Å². The molecule has 9 heteroatoms. The zero-order valence-electron chi connectivity index (χ0n) is 19.1. The van der Waals surface area contributed by atoms with E-state index in [1.54, 1.807) is 42.5 Å². The Bertz CT molecular complexity index is 1430. The van der Waals surface area contributed by atoms with Crippen LogP contribution in [0.3, 0.4) is 0 Å². The maximum Gasteiger partial charge on any atom is 0.261 e. The molecule has 0 unspecified atom stereocenters. The number of hydrogen-bond acceptors (Lipinski definition) is 6. The molecule has 3 aromatic rings. The maximum atomic E-state index is 13.0. The summed E-state index contributed by atoms with van der Waals surface area (Å²) in [6.45, 7) is 4.54. The number of rotatable bonds is 6. The van der Waals surface area contributed by atoms with Gasteiger partial charge in [-0.15, -0.1) is 6.58 Å². The normalized spacial score (nSPS) is 13.7. The van der Waals surface area contributed by atoms with E-state index in [1.165, 1.54) is 24.3 Å². The van der Waals surface area contributed by atoms with E-state index in [1.807, 2.05) is 0 Å². The first-order chi connectivity index (χ1) is 17.5.